The van der Waals surface area contributed by atoms with Gasteiger partial charge in [0.25, 0.3) is 0 Å². The molecule has 7 nitrogen and oxygen atoms in total. The van der Waals surface area contributed by atoms with E-state index in [-0.39, 0.29) is 93.3 Å². The van der Waals surface area contributed by atoms with E-state index in [1.165, 1.54) is 152 Å². The van der Waals surface area contributed by atoms with Crippen LogP contribution < -0.4 is 59.1 Å². The third-order valence-corrected chi connectivity index (χ3v) is 20.9. The first-order chi connectivity index (χ1) is 20.9. The maximum absolute atomic E-state index is 11.6. The van der Waals surface area contributed by atoms with Crippen LogP contribution in [-0.2, 0) is 0 Å². The van der Waals surface area contributed by atoms with Crippen LogP contribution in [0.1, 0.15) is 173 Å². The van der Waals surface area contributed by atoms with Gasteiger partial charge in [-0.2, -0.15) is 21.0 Å². The molecule has 0 aliphatic rings. The Morgan fingerprint density at radius 3 is 0.686 bits per heavy atom. The summed E-state index contributed by atoms with van der Waals surface area (Å²) in [5, 5.41) is 29.1. The van der Waals surface area contributed by atoms with Crippen molar-refractivity contribution in [1.29, 1.82) is 21.0 Å². The topological polar surface area (TPSA) is 177 Å². The van der Waals surface area contributed by atoms with E-state index in [9.17, 15) is 4.89 Å². The number of hydrogen-bond acceptors (Lipinski definition) is 6. The van der Waals surface area contributed by atoms with Gasteiger partial charge in [0, 0.05) is 0 Å². The van der Waals surface area contributed by atoms with E-state index >= 15 is 0 Å². The van der Waals surface area contributed by atoms with Gasteiger partial charge in [0.05, 0.1) is 0 Å². The first kappa shape index (κ1) is 80.3. The van der Waals surface area contributed by atoms with Gasteiger partial charge in [-0.05, 0) is 0 Å². The Hall–Kier alpha value is 0.830. The van der Waals surface area contributed by atoms with Crippen molar-refractivity contribution < 1.29 is 75.0 Å². The molecule has 13 heteroatoms. The molecule has 0 bridgehead atoms. The fourth-order valence-corrected chi connectivity index (χ4v) is 17.8. The summed E-state index contributed by atoms with van der Waals surface area (Å²) < 4.78 is 0. The fraction of sp³-hybridized carbons (Fsp3) is 0.895. The van der Waals surface area contributed by atoms with E-state index in [1.54, 1.807) is 0 Å². The van der Waals surface area contributed by atoms with Crippen LogP contribution in [0.3, 0.4) is 0 Å². The zero-order valence-electron chi connectivity index (χ0n) is 34.2. The van der Waals surface area contributed by atoms with E-state index in [2.05, 4.69) is 55.4 Å². The molecule has 4 N–H and O–H groups in total. The second-order valence-corrected chi connectivity index (χ2v) is 24.6. The van der Waals surface area contributed by atoms with Crippen LogP contribution in [0.15, 0.2) is 0 Å². The Bertz CT molecular complexity index is 674. The van der Waals surface area contributed by atoms with Crippen LogP contribution in [-0.4, -0.2) is 81.1 Å². The molecule has 0 aromatic heterocycles. The molecule has 6 radical (unpaired) electrons. The van der Waals surface area contributed by atoms with E-state index in [0.717, 1.165) is 24.6 Å². The van der Waals surface area contributed by atoms with Gasteiger partial charge in [-0.3, -0.25) is 0 Å². The first-order valence-corrected chi connectivity index (χ1v) is 24.0. The molecule has 0 atom stereocenters. The average Bonchev–Trinajstić information content (AvgIpc) is 3.06. The molecule has 0 heterocycles. The summed E-state index contributed by atoms with van der Waals surface area (Å²) in [5.74, 6) is 0. The maximum Gasteiger partial charge on any atom is 1.00 e. The van der Waals surface area contributed by atoms with Crippen LogP contribution in [0, 0.1) is 45.3 Å². The van der Waals surface area contributed by atoms with E-state index in [1.807, 2.05) is 0 Å². The Kier molecular flexibility index (Phi) is 83.4. The Balaban J connectivity index is -0.0000000515. The van der Waals surface area contributed by atoms with Gasteiger partial charge >= 0.3 is 292 Å². The molecule has 0 fully saturated rings. The molecule has 0 aromatic carbocycles. The third kappa shape index (κ3) is 46.9. The van der Waals surface area contributed by atoms with Crippen molar-refractivity contribution in [3.8, 4) is 24.3 Å². The molecule has 0 saturated heterocycles. The Labute approximate surface area is 368 Å². The monoisotopic (exact) mass is 775 g/mol. The number of hydrogen-bond donors (Lipinski definition) is 1. The number of nitriles is 4. The summed E-state index contributed by atoms with van der Waals surface area (Å²) in [6, 6.07) is 4.94. The molecular formula is C38H84B2N4Na2O3P2. The summed E-state index contributed by atoms with van der Waals surface area (Å²) in [6.45, 7) is 14.0. The minimum absolute atomic E-state index is 0. The summed E-state index contributed by atoms with van der Waals surface area (Å²) >= 11 is 0. The van der Waals surface area contributed by atoms with Crippen LogP contribution in [0.5, 0.6) is 0 Å². The van der Waals surface area contributed by atoms with Gasteiger partial charge in [-0.25, -0.2) is 0 Å². The van der Waals surface area contributed by atoms with Crippen molar-refractivity contribution in [1.82, 2.24) is 0 Å². The average molecular weight is 775 g/mol. The van der Waals surface area contributed by atoms with E-state index in [4.69, 9.17) is 28.6 Å². The molecule has 0 aliphatic heterocycles. The molecular weight excluding hydrogens is 690 g/mol. The van der Waals surface area contributed by atoms with E-state index in [0.29, 0.717) is 0 Å². The zero-order chi connectivity index (χ0) is 34.7. The van der Waals surface area contributed by atoms with Gasteiger partial charge in [0.2, 0.25) is 0 Å². The molecule has 0 unspecified atom stereocenters. The van der Waals surface area contributed by atoms with Crippen LogP contribution >= 0.6 is 13.3 Å². The largest absolute Gasteiger partial charge is 1.00 e. The molecule has 292 valence electrons. The SMILES string of the molecule is C.C.CCCCP(O)(CCCC)(CCCC)CCCC.N#CC#N.N#CC#N.O.[B-].[B]P(CCCC)(CCCC)(CCCC)CCCC.[Na+].[Na+].[OH-]. The second-order valence-electron chi connectivity index (χ2n) is 13.0. The van der Waals surface area contributed by atoms with Gasteiger partial charge in [0.1, 0.15) is 0 Å². The zero-order valence-corrected chi connectivity index (χ0v) is 40.0. The first-order valence-electron chi connectivity index (χ1n) is 18.0. The van der Waals surface area contributed by atoms with Crippen molar-refractivity contribution in [3.63, 3.8) is 0 Å². The van der Waals surface area contributed by atoms with Crippen molar-refractivity contribution in [3.05, 3.63) is 0 Å². The van der Waals surface area contributed by atoms with Crippen molar-refractivity contribution in [2.45, 2.75) is 173 Å². The molecule has 0 aliphatic carbocycles. The fourth-order valence-electron chi connectivity index (χ4n) is 5.94. The van der Waals surface area contributed by atoms with Crippen molar-refractivity contribution in [2.75, 3.05) is 49.3 Å². The number of unbranched alkanes of at least 4 members (excludes halogenated alkanes) is 8. The molecule has 0 rings (SSSR count). The van der Waals surface area contributed by atoms with Crippen molar-refractivity contribution in [2.24, 2.45) is 0 Å². The third-order valence-electron chi connectivity index (χ3n) is 8.90. The van der Waals surface area contributed by atoms with Gasteiger partial charge in [0.15, 0.2) is 24.3 Å². The smallest absolute Gasteiger partial charge is 0.870 e. The predicted molar refractivity (Wildman–Crippen MR) is 227 cm³/mol. The van der Waals surface area contributed by atoms with Crippen LogP contribution in [0.25, 0.3) is 0 Å². The second kappa shape index (κ2) is 52.9. The Morgan fingerprint density at radius 1 is 0.431 bits per heavy atom. The normalized spacial score (nSPS) is 10.5. The van der Waals surface area contributed by atoms with E-state index < -0.39 is 13.3 Å². The summed E-state index contributed by atoms with van der Waals surface area (Å²) in [5.41, 5.74) is 0. The summed E-state index contributed by atoms with van der Waals surface area (Å²) in [7, 11) is 7.20. The summed E-state index contributed by atoms with van der Waals surface area (Å²) in [6.07, 6.45) is 30.5. The number of rotatable bonds is 24. The molecule has 0 aromatic rings. The maximum atomic E-state index is 11.6. The Morgan fingerprint density at radius 2 is 0.569 bits per heavy atom. The molecule has 0 amide bonds. The van der Waals surface area contributed by atoms with Gasteiger partial charge in [-0.15, -0.1) is 0 Å². The van der Waals surface area contributed by atoms with Gasteiger partial charge < -0.3 is 19.4 Å². The van der Waals surface area contributed by atoms with Gasteiger partial charge in [-0.1, -0.05) is 14.9 Å². The quantitative estimate of drug-likeness (QED) is 0.101. The minimum atomic E-state index is -2.36. The minimum Gasteiger partial charge on any atom is -0.870 e. The molecule has 0 saturated carbocycles. The van der Waals surface area contributed by atoms with Crippen LogP contribution in [0.4, 0.5) is 0 Å². The van der Waals surface area contributed by atoms with Crippen molar-refractivity contribution >= 4 is 29.3 Å². The molecule has 0 spiro atoms. The molecule has 51 heavy (non-hydrogen) atoms. The van der Waals surface area contributed by atoms with Crippen LogP contribution in [0.2, 0.25) is 0 Å². The predicted octanol–water partition coefficient (Wildman–Crippen LogP) is 5.44. The number of nitrogens with zero attached hydrogens (tertiary/aromatic N) is 4. The summed E-state index contributed by atoms with van der Waals surface area (Å²) in [4.78, 5) is 11.6. The standard InChI is InChI=1S/C16H36BP.C16H37OP.2C2N2.2CH4.B.2Na.2H2O/c2*1-5-9-13-18(17,14-10-6-2,15-11-7-3)16-12-8-4;2*3-1-2-4;;;;;;;/h5-16H2,1-4H3;17H,5-16H2,1-4H3;;;2*1H4;;;;2*1H2/q;;;;;;-1;2*+1;;/p-1.